The molecule has 1 aromatic carbocycles. The van der Waals surface area contributed by atoms with Crippen molar-refractivity contribution >= 4 is 10.0 Å². The SMILES string of the molecule is CCOC(O)C1=CCCN(S(=O)(=O)c2ccc(C)cc2)C1. The molecule has 0 spiro atoms. The van der Waals surface area contributed by atoms with Crippen LogP contribution < -0.4 is 0 Å². The van der Waals surface area contributed by atoms with E-state index >= 15 is 0 Å². The number of nitrogens with zero attached hydrogens (tertiary/aromatic N) is 1. The molecular weight excluding hydrogens is 290 g/mol. The number of benzene rings is 1. The fourth-order valence-corrected chi connectivity index (χ4v) is 3.69. The van der Waals surface area contributed by atoms with Gasteiger partial charge in [0.15, 0.2) is 6.29 Å². The lowest BCUT2D eigenvalue weighted by atomic mass is 10.1. The van der Waals surface area contributed by atoms with Crippen molar-refractivity contribution in [1.29, 1.82) is 0 Å². The number of aliphatic hydroxyl groups excluding tert-OH is 1. The Labute approximate surface area is 125 Å². The normalized spacial score (nSPS) is 18.3. The number of sulfonamides is 1. The molecule has 1 atom stereocenters. The third-order valence-electron chi connectivity index (χ3n) is 3.44. The van der Waals surface area contributed by atoms with Crippen LogP contribution in [0.4, 0.5) is 0 Å². The molecular formula is C15H21NO4S. The molecule has 21 heavy (non-hydrogen) atoms. The summed E-state index contributed by atoms with van der Waals surface area (Å²) < 4.78 is 31.7. The Bertz CT molecular complexity index is 607. The van der Waals surface area contributed by atoms with E-state index in [2.05, 4.69) is 0 Å². The maximum Gasteiger partial charge on any atom is 0.243 e. The van der Waals surface area contributed by atoms with Gasteiger partial charge in [0.2, 0.25) is 10.0 Å². The van der Waals surface area contributed by atoms with Crippen LogP contribution in [0.3, 0.4) is 0 Å². The first-order chi connectivity index (χ1) is 9.95. The monoisotopic (exact) mass is 311 g/mol. The Morgan fingerprint density at radius 3 is 2.62 bits per heavy atom. The summed E-state index contributed by atoms with van der Waals surface area (Å²) in [6.45, 7) is 4.66. The van der Waals surface area contributed by atoms with Crippen LogP contribution in [0.5, 0.6) is 0 Å². The van der Waals surface area contributed by atoms with E-state index in [4.69, 9.17) is 4.74 Å². The van der Waals surface area contributed by atoms with E-state index < -0.39 is 16.3 Å². The summed E-state index contributed by atoms with van der Waals surface area (Å²) in [5.74, 6) is 0. The standard InChI is InChI=1S/C15H21NO4S/c1-3-20-15(17)13-5-4-10-16(11-13)21(18,19)14-8-6-12(2)7-9-14/h5-9,15,17H,3-4,10-11H2,1-2H3. The van der Waals surface area contributed by atoms with Gasteiger partial charge in [-0.1, -0.05) is 23.8 Å². The molecule has 2 rings (SSSR count). The molecule has 0 amide bonds. The van der Waals surface area contributed by atoms with Crippen molar-refractivity contribution in [3.8, 4) is 0 Å². The van der Waals surface area contributed by atoms with Gasteiger partial charge in [-0.15, -0.1) is 0 Å². The molecule has 5 nitrogen and oxygen atoms in total. The zero-order chi connectivity index (χ0) is 15.5. The minimum atomic E-state index is -3.53. The van der Waals surface area contributed by atoms with E-state index in [1.54, 1.807) is 31.2 Å². The number of ether oxygens (including phenoxy) is 1. The molecule has 0 saturated carbocycles. The molecule has 0 radical (unpaired) electrons. The summed E-state index contributed by atoms with van der Waals surface area (Å²) in [4.78, 5) is 0.278. The Hall–Kier alpha value is -1.21. The van der Waals surface area contributed by atoms with E-state index in [9.17, 15) is 13.5 Å². The number of aliphatic hydroxyl groups is 1. The van der Waals surface area contributed by atoms with Crippen molar-refractivity contribution in [2.24, 2.45) is 0 Å². The predicted octanol–water partition coefficient (Wildman–Crippen LogP) is 1.67. The van der Waals surface area contributed by atoms with Gasteiger partial charge in [-0.05, 0) is 38.0 Å². The lowest BCUT2D eigenvalue weighted by Crippen LogP contribution is -2.38. The van der Waals surface area contributed by atoms with Gasteiger partial charge in [0.1, 0.15) is 0 Å². The van der Waals surface area contributed by atoms with E-state index in [0.29, 0.717) is 25.1 Å². The lowest BCUT2D eigenvalue weighted by molar-refractivity contribution is -0.0700. The van der Waals surface area contributed by atoms with E-state index in [1.807, 2.05) is 13.0 Å². The van der Waals surface area contributed by atoms with Crippen molar-refractivity contribution in [2.75, 3.05) is 19.7 Å². The molecule has 1 aromatic rings. The van der Waals surface area contributed by atoms with Crippen LogP contribution in [0.1, 0.15) is 18.9 Å². The maximum absolute atomic E-state index is 12.6. The van der Waals surface area contributed by atoms with Gasteiger partial charge in [-0.25, -0.2) is 8.42 Å². The van der Waals surface area contributed by atoms with Gasteiger partial charge < -0.3 is 9.84 Å². The third kappa shape index (κ3) is 3.71. The van der Waals surface area contributed by atoms with Crippen molar-refractivity contribution in [3.63, 3.8) is 0 Å². The van der Waals surface area contributed by atoms with Crippen molar-refractivity contribution in [1.82, 2.24) is 4.31 Å². The number of rotatable bonds is 5. The second-order valence-electron chi connectivity index (χ2n) is 5.03. The zero-order valence-corrected chi connectivity index (χ0v) is 13.1. The first kappa shape index (κ1) is 16.2. The molecule has 1 unspecified atom stereocenters. The molecule has 0 saturated heterocycles. The van der Waals surface area contributed by atoms with Gasteiger partial charge in [-0.3, -0.25) is 0 Å². The van der Waals surface area contributed by atoms with E-state index in [0.717, 1.165) is 5.56 Å². The Balaban J connectivity index is 2.18. The summed E-state index contributed by atoms with van der Waals surface area (Å²) in [7, 11) is -3.53. The highest BCUT2D eigenvalue weighted by Crippen LogP contribution is 2.22. The topological polar surface area (TPSA) is 66.8 Å². The number of aryl methyl sites for hydroxylation is 1. The van der Waals surface area contributed by atoms with Gasteiger partial charge in [-0.2, -0.15) is 4.31 Å². The first-order valence-electron chi connectivity index (χ1n) is 7.00. The van der Waals surface area contributed by atoms with Crippen LogP contribution in [0.15, 0.2) is 40.8 Å². The van der Waals surface area contributed by atoms with Crippen molar-refractivity contribution in [3.05, 3.63) is 41.5 Å². The van der Waals surface area contributed by atoms with E-state index in [1.165, 1.54) is 4.31 Å². The minimum Gasteiger partial charge on any atom is -0.364 e. The molecule has 1 N–H and O–H groups in total. The highest BCUT2D eigenvalue weighted by Gasteiger charge is 2.28. The fourth-order valence-electron chi connectivity index (χ4n) is 2.25. The van der Waals surface area contributed by atoms with Gasteiger partial charge in [0, 0.05) is 19.7 Å². The van der Waals surface area contributed by atoms with Crippen LogP contribution >= 0.6 is 0 Å². The molecule has 116 valence electrons. The molecule has 1 aliphatic heterocycles. The minimum absolute atomic E-state index is 0.164. The summed E-state index contributed by atoms with van der Waals surface area (Å²) in [6, 6.07) is 6.79. The molecule has 1 heterocycles. The van der Waals surface area contributed by atoms with Crippen molar-refractivity contribution in [2.45, 2.75) is 31.5 Å². The smallest absolute Gasteiger partial charge is 0.243 e. The van der Waals surface area contributed by atoms with Crippen LogP contribution in [0.25, 0.3) is 0 Å². The lowest BCUT2D eigenvalue weighted by Gasteiger charge is -2.28. The molecule has 0 bridgehead atoms. The highest BCUT2D eigenvalue weighted by atomic mass is 32.2. The van der Waals surface area contributed by atoms with Crippen LogP contribution in [-0.2, 0) is 14.8 Å². The quantitative estimate of drug-likeness (QED) is 0.663. The Kier molecular flexibility index (Phi) is 5.16. The van der Waals surface area contributed by atoms with Crippen LogP contribution in [0.2, 0.25) is 0 Å². The Morgan fingerprint density at radius 2 is 2.00 bits per heavy atom. The zero-order valence-electron chi connectivity index (χ0n) is 12.3. The molecule has 0 fully saturated rings. The largest absolute Gasteiger partial charge is 0.364 e. The first-order valence-corrected chi connectivity index (χ1v) is 8.44. The second kappa shape index (κ2) is 6.70. The predicted molar refractivity (Wildman–Crippen MR) is 80.3 cm³/mol. The van der Waals surface area contributed by atoms with Crippen LogP contribution in [0, 0.1) is 6.92 Å². The number of hydrogen-bond donors (Lipinski definition) is 1. The third-order valence-corrected chi connectivity index (χ3v) is 5.30. The van der Waals surface area contributed by atoms with Crippen molar-refractivity contribution < 1.29 is 18.3 Å². The fraction of sp³-hybridized carbons (Fsp3) is 0.467. The average molecular weight is 311 g/mol. The Morgan fingerprint density at radius 1 is 1.33 bits per heavy atom. The summed E-state index contributed by atoms with van der Waals surface area (Å²) in [6.07, 6.45) is 1.39. The van der Waals surface area contributed by atoms with E-state index in [-0.39, 0.29) is 11.4 Å². The average Bonchev–Trinajstić information content (AvgIpc) is 2.48. The number of hydrogen-bond acceptors (Lipinski definition) is 4. The molecule has 1 aliphatic rings. The summed E-state index contributed by atoms with van der Waals surface area (Å²) in [5, 5.41) is 9.85. The molecule has 6 heteroatoms. The molecule has 0 aliphatic carbocycles. The molecule has 0 aromatic heterocycles. The maximum atomic E-state index is 12.6. The van der Waals surface area contributed by atoms with Gasteiger partial charge in [0.05, 0.1) is 4.90 Å². The van der Waals surface area contributed by atoms with Gasteiger partial charge >= 0.3 is 0 Å². The van der Waals surface area contributed by atoms with Crippen LogP contribution in [-0.4, -0.2) is 43.8 Å². The highest BCUT2D eigenvalue weighted by molar-refractivity contribution is 7.89. The summed E-state index contributed by atoms with van der Waals surface area (Å²) in [5.41, 5.74) is 1.61. The second-order valence-corrected chi connectivity index (χ2v) is 6.96. The summed E-state index contributed by atoms with van der Waals surface area (Å²) >= 11 is 0. The van der Waals surface area contributed by atoms with Gasteiger partial charge in [0.25, 0.3) is 0 Å².